The second-order valence-electron chi connectivity index (χ2n) is 6.35. The Hall–Kier alpha value is -1.45. The third-order valence-electron chi connectivity index (χ3n) is 4.53. The van der Waals surface area contributed by atoms with E-state index in [4.69, 9.17) is 0 Å². The lowest BCUT2D eigenvalue weighted by Gasteiger charge is -2.34. The summed E-state index contributed by atoms with van der Waals surface area (Å²) in [7, 11) is -0.506. The van der Waals surface area contributed by atoms with E-state index in [1.165, 1.54) is 14.1 Å². The molecule has 1 aliphatic heterocycles. The Morgan fingerprint density at radius 2 is 2.13 bits per heavy atom. The Kier molecular flexibility index (Phi) is 4.43. The number of carbonyl (C=O) groups is 1. The largest absolute Gasteiger partial charge is 0.335 e. The Balaban J connectivity index is 1.63. The predicted octanol–water partition coefficient (Wildman–Crippen LogP) is -0.0786. The van der Waals surface area contributed by atoms with Crippen molar-refractivity contribution in [3.8, 4) is 0 Å². The molecule has 2 heterocycles. The maximum Gasteiger partial charge on any atom is 0.279 e. The number of carbonyl (C=O) groups excluding carboxylic acids is 1. The summed E-state index contributed by atoms with van der Waals surface area (Å²) < 4.78 is 28.9. The fraction of sp³-hybridized carbons (Fsp3) is 0.714. The molecule has 1 aliphatic carbocycles. The van der Waals surface area contributed by atoms with Crippen molar-refractivity contribution in [1.29, 1.82) is 0 Å². The molecule has 1 aromatic rings. The molecule has 3 rings (SSSR count). The van der Waals surface area contributed by atoms with E-state index in [2.05, 4.69) is 9.82 Å². The highest BCUT2D eigenvalue weighted by Gasteiger charge is 2.31. The van der Waals surface area contributed by atoms with E-state index < -0.39 is 10.2 Å². The third-order valence-corrected chi connectivity index (χ3v) is 6.00. The van der Waals surface area contributed by atoms with Crippen LogP contribution in [0.25, 0.3) is 0 Å². The Morgan fingerprint density at radius 1 is 1.39 bits per heavy atom. The molecule has 8 nitrogen and oxygen atoms in total. The van der Waals surface area contributed by atoms with Crippen molar-refractivity contribution in [2.24, 2.45) is 5.92 Å². The van der Waals surface area contributed by atoms with Crippen LogP contribution in [0.4, 0.5) is 0 Å². The molecule has 0 aromatic carbocycles. The molecular formula is C14H23N5O3S. The molecule has 0 spiro atoms. The fourth-order valence-corrected chi connectivity index (χ4v) is 3.40. The van der Waals surface area contributed by atoms with Crippen LogP contribution >= 0.6 is 0 Å². The van der Waals surface area contributed by atoms with Gasteiger partial charge in [-0.3, -0.25) is 9.48 Å². The van der Waals surface area contributed by atoms with Crippen LogP contribution in [0, 0.1) is 5.92 Å². The molecule has 1 N–H and O–H groups in total. The van der Waals surface area contributed by atoms with Crippen molar-refractivity contribution in [1.82, 2.24) is 23.7 Å². The Morgan fingerprint density at radius 3 is 2.74 bits per heavy atom. The molecule has 23 heavy (non-hydrogen) atoms. The molecular weight excluding hydrogens is 318 g/mol. The van der Waals surface area contributed by atoms with E-state index in [-0.39, 0.29) is 18.4 Å². The van der Waals surface area contributed by atoms with Crippen LogP contribution in [0.2, 0.25) is 0 Å². The van der Waals surface area contributed by atoms with Gasteiger partial charge in [0.15, 0.2) is 0 Å². The fourth-order valence-electron chi connectivity index (χ4n) is 2.81. The van der Waals surface area contributed by atoms with Gasteiger partial charge in [-0.15, -0.1) is 0 Å². The zero-order valence-corrected chi connectivity index (χ0v) is 14.3. The monoisotopic (exact) mass is 341 g/mol. The van der Waals surface area contributed by atoms with Crippen molar-refractivity contribution in [3.05, 3.63) is 17.5 Å². The Labute approximate surface area is 136 Å². The van der Waals surface area contributed by atoms with Gasteiger partial charge >= 0.3 is 0 Å². The van der Waals surface area contributed by atoms with Crippen LogP contribution in [0.15, 0.2) is 6.07 Å². The minimum atomic E-state index is -3.46. The van der Waals surface area contributed by atoms with E-state index in [0.29, 0.717) is 25.3 Å². The summed E-state index contributed by atoms with van der Waals surface area (Å²) in [4.78, 5) is 14.2. The molecule has 0 atom stereocenters. The normalized spacial score (nSPS) is 18.8. The van der Waals surface area contributed by atoms with E-state index >= 15 is 0 Å². The average molecular weight is 341 g/mol. The van der Waals surface area contributed by atoms with Crippen LogP contribution in [-0.4, -0.2) is 54.0 Å². The van der Waals surface area contributed by atoms with Crippen LogP contribution < -0.4 is 4.72 Å². The number of hydrogen-bond donors (Lipinski definition) is 1. The highest BCUT2D eigenvalue weighted by Crippen LogP contribution is 2.29. The summed E-state index contributed by atoms with van der Waals surface area (Å²) in [6, 6.07) is 1.87. The van der Waals surface area contributed by atoms with Gasteiger partial charge in [0, 0.05) is 26.6 Å². The van der Waals surface area contributed by atoms with Gasteiger partial charge in [-0.2, -0.15) is 22.5 Å². The predicted molar refractivity (Wildman–Crippen MR) is 84.4 cm³/mol. The smallest absolute Gasteiger partial charge is 0.279 e. The van der Waals surface area contributed by atoms with Crippen LogP contribution in [0.3, 0.4) is 0 Å². The maximum atomic E-state index is 12.3. The van der Waals surface area contributed by atoms with Gasteiger partial charge in [0.2, 0.25) is 5.91 Å². The summed E-state index contributed by atoms with van der Waals surface area (Å²) >= 11 is 0. The molecule has 1 amide bonds. The third kappa shape index (κ3) is 3.41. The van der Waals surface area contributed by atoms with Gasteiger partial charge in [0.05, 0.1) is 31.0 Å². The minimum Gasteiger partial charge on any atom is -0.335 e. The Bertz CT molecular complexity index is 693. The molecule has 9 heteroatoms. The second kappa shape index (κ2) is 6.21. The second-order valence-corrected chi connectivity index (χ2v) is 8.32. The van der Waals surface area contributed by atoms with Gasteiger partial charge < -0.3 is 4.90 Å². The van der Waals surface area contributed by atoms with Crippen LogP contribution in [0.1, 0.15) is 30.7 Å². The molecule has 2 aliphatic rings. The van der Waals surface area contributed by atoms with Gasteiger partial charge in [0.1, 0.15) is 0 Å². The number of amides is 1. The van der Waals surface area contributed by atoms with Crippen molar-refractivity contribution in [2.75, 3.05) is 20.6 Å². The topological polar surface area (TPSA) is 87.5 Å². The summed E-state index contributed by atoms with van der Waals surface area (Å²) in [5.41, 5.74) is 1.63. The number of nitrogens with zero attached hydrogens (tertiary/aromatic N) is 4. The highest BCUT2D eigenvalue weighted by atomic mass is 32.2. The molecule has 0 unspecified atom stereocenters. The van der Waals surface area contributed by atoms with Crippen molar-refractivity contribution in [3.63, 3.8) is 0 Å². The molecule has 0 radical (unpaired) electrons. The lowest BCUT2D eigenvalue weighted by Crippen LogP contribution is -2.43. The van der Waals surface area contributed by atoms with Crippen molar-refractivity contribution >= 4 is 16.1 Å². The minimum absolute atomic E-state index is 0.150. The zero-order valence-electron chi connectivity index (χ0n) is 13.5. The molecule has 1 aromatic heterocycles. The number of fused-ring (bicyclic) bond motifs is 1. The number of hydrogen-bond acceptors (Lipinski definition) is 4. The SMILES string of the molecule is CN(C)S(=O)(=O)NCc1cc2n(n1)CCN(C(=O)C1CCC1)C2. The molecule has 1 fully saturated rings. The lowest BCUT2D eigenvalue weighted by atomic mass is 9.84. The highest BCUT2D eigenvalue weighted by molar-refractivity contribution is 7.87. The molecule has 0 saturated heterocycles. The first kappa shape index (κ1) is 16.4. The van der Waals surface area contributed by atoms with Crippen molar-refractivity contribution in [2.45, 2.75) is 38.9 Å². The summed E-state index contributed by atoms with van der Waals surface area (Å²) in [6.45, 7) is 2.04. The van der Waals surface area contributed by atoms with Gasteiger partial charge in [-0.1, -0.05) is 6.42 Å². The quantitative estimate of drug-likeness (QED) is 0.811. The number of aromatic nitrogens is 2. The summed E-state index contributed by atoms with van der Waals surface area (Å²) in [5.74, 6) is 0.453. The molecule has 0 bridgehead atoms. The number of nitrogens with one attached hydrogen (secondary N) is 1. The van der Waals surface area contributed by atoms with E-state index in [1.54, 1.807) is 0 Å². The van der Waals surface area contributed by atoms with E-state index in [0.717, 1.165) is 29.3 Å². The molecule has 128 valence electrons. The van der Waals surface area contributed by atoms with E-state index in [1.807, 2.05) is 15.6 Å². The number of rotatable bonds is 5. The zero-order chi connectivity index (χ0) is 16.6. The molecule has 1 saturated carbocycles. The van der Waals surface area contributed by atoms with Crippen LogP contribution in [0.5, 0.6) is 0 Å². The first-order chi connectivity index (χ1) is 10.9. The van der Waals surface area contributed by atoms with Crippen molar-refractivity contribution < 1.29 is 13.2 Å². The van der Waals surface area contributed by atoms with Gasteiger partial charge in [-0.05, 0) is 18.9 Å². The standard InChI is InChI=1S/C14H23N5O3S/c1-17(2)23(21,22)15-9-12-8-13-10-18(6-7-19(13)16-12)14(20)11-4-3-5-11/h8,11,15H,3-7,9-10H2,1-2H3. The summed E-state index contributed by atoms with van der Waals surface area (Å²) in [5, 5.41) is 4.42. The summed E-state index contributed by atoms with van der Waals surface area (Å²) in [6.07, 6.45) is 3.16. The first-order valence-electron chi connectivity index (χ1n) is 7.88. The van der Waals surface area contributed by atoms with Gasteiger partial charge in [-0.25, -0.2) is 0 Å². The van der Waals surface area contributed by atoms with Gasteiger partial charge in [0.25, 0.3) is 10.2 Å². The average Bonchev–Trinajstić information content (AvgIpc) is 2.85. The first-order valence-corrected chi connectivity index (χ1v) is 9.32. The lowest BCUT2D eigenvalue weighted by molar-refractivity contribution is -0.139. The maximum absolute atomic E-state index is 12.3. The van der Waals surface area contributed by atoms with E-state index in [9.17, 15) is 13.2 Å². The van der Waals surface area contributed by atoms with Crippen LogP contribution in [-0.2, 0) is 34.6 Å².